The number of cyclic esters (lactones) is 1. The highest BCUT2D eigenvalue weighted by molar-refractivity contribution is 9.09. The SMILES string of the molecule is CCCCCCC1=C(CBr)COC1=O. The van der Waals surface area contributed by atoms with Crippen LogP contribution in [0.25, 0.3) is 0 Å². The van der Waals surface area contributed by atoms with Crippen molar-refractivity contribution < 1.29 is 9.53 Å². The molecule has 0 N–H and O–H groups in total. The van der Waals surface area contributed by atoms with Gasteiger partial charge in [0, 0.05) is 10.9 Å². The fourth-order valence-electron chi connectivity index (χ4n) is 1.60. The molecule has 1 aliphatic heterocycles. The molecule has 0 atom stereocenters. The highest BCUT2D eigenvalue weighted by atomic mass is 79.9. The summed E-state index contributed by atoms with van der Waals surface area (Å²) in [6, 6.07) is 0. The number of halogens is 1. The van der Waals surface area contributed by atoms with E-state index in [4.69, 9.17) is 4.74 Å². The molecule has 2 nitrogen and oxygen atoms in total. The molecule has 0 bridgehead atoms. The smallest absolute Gasteiger partial charge is 0.334 e. The molecule has 1 rings (SSSR count). The Kier molecular flexibility index (Phi) is 5.23. The summed E-state index contributed by atoms with van der Waals surface area (Å²) in [7, 11) is 0. The maximum atomic E-state index is 11.3. The van der Waals surface area contributed by atoms with E-state index in [9.17, 15) is 4.79 Å². The van der Waals surface area contributed by atoms with Crippen molar-refractivity contribution >= 4 is 21.9 Å². The summed E-state index contributed by atoms with van der Waals surface area (Å²) in [5.74, 6) is -0.101. The van der Waals surface area contributed by atoms with E-state index in [-0.39, 0.29) is 5.97 Å². The van der Waals surface area contributed by atoms with Crippen LogP contribution in [-0.2, 0) is 9.53 Å². The number of carbonyl (C=O) groups excluding carboxylic acids is 1. The van der Waals surface area contributed by atoms with Crippen LogP contribution >= 0.6 is 15.9 Å². The Labute approximate surface area is 93.8 Å². The van der Waals surface area contributed by atoms with E-state index in [1.807, 2.05) is 0 Å². The molecular formula is C11H17BrO2. The Hall–Kier alpha value is -0.310. The van der Waals surface area contributed by atoms with Gasteiger partial charge in [-0.25, -0.2) is 4.79 Å². The molecule has 0 fully saturated rings. The number of rotatable bonds is 6. The molecule has 0 aromatic heterocycles. The van der Waals surface area contributed by atoms with Crippen molar-refractivity contribution in [2.75, 3.05) is 11.9 Å². The van der Waals surface area contributed by atoms with E-state index in [1.54, 1.807) is 0 Å². The molecule has 0 spiro atoms. The van der Waals surface area contributed by atoms with Crippen LogP contribution in [0.1, 0.15) is 39.0 Å². The fraction of sp³-hybridized carbons (Fsp3) is 0.727. The average molecular weight is 261 g/mol. The van der Waals surface area contributed by atoms with Crippen LogP contribution in [0.2, 0.25) is 0 Å². The lowest BCUT2D eigenvalue weighted by Crippen LogP contribution is -1.99. The minimum absolute atomic E-state index is 0.101. The van der Waals surface area contributed by atoms with Crippen LogP contribution in [0.5, 0.6) is 0 Å². The monoisotopic (exact) mass is 260 g/mol. The molecule has 0 aromatic carbocycles. The van der Waals surface area contributed by atoms with Crippen molar-refractivity contribution in [2.45, 2.75) is 39.0 Å². The second-order valence-electron chi connectivity index (χ2n) is 3.60. The van der Waals surface area contributed by atoms with E-state index in [2.05, 4.69) is 22.9 Å². The van der Waals surface area contributed by atoms with Crippen LogP contribution in [-0.4, -0.2) is 17.9 Å². The van der Waals surface area contributed by atoms with Crippen LogP contribution in [0.4, 0.5) is 0 Å². The number of ether oxygens (including phenoxy) is 1. The Morgan fingerprint density at radius 3 is 2.79 bits per heavy atom. The molecular weight excluding hydrogens is 244 g/mol. The van der Waals surface area contributed by atoms with Crippen molar-refractivity contribution in [3.05, 3.63) is 11.1 Å². The highest BCUT2D eigenvalue weighted by Gasteiger charge is 2.22. The largest absolute Gasteiger partial charge is 0.458 e. The van der Waals surface area contributed by atoms with Gasteiger partial charge in [-0.2, -0.15) is 0 Å². The number of carbonyl (C=O) groups is 1. The zero-order chi connectivity index (χ0) is 10.4. The Balaban J connectivity index is 2.37. The lowest BCUT2D eigenvalue weighted by Gasteiger charge is -2.00. The van der Waals surface area contributed by atoms with Gasteiger partial charge in [0.1, 0.15) is 6.61 Å². The predicted molar refractivity (Wildman–Crippen MR) is 60.5 cm³/mol. The predicted octanol–water partition coefficient (Wildman–Crippen LogP) is 3.21. The molecule has 1 heterocycles. The van der Waals surface area contributed by atoms with E-state index in [1.165, 1.54) is 19.3 Å². The van der Waals surface area contributed by atoms with E-state index >= 15 is 0 Å². The molecule has 14 heavy (non-hydrogen) atoms. The second-order valence-corrected chi connectivity index (χ2v) is 4.16. The molecule has 0 unspecified atom stereocenters. The summed E-state index contributed by atoms with van der Waals surface area (Å²) in [5, 5.41) is 0.766. The first kappa shape index (κ1) is 11.8. The first-order chi connectivity index (χ1) is 6.79. The number of hydrogen-bond acceptors (Lipinski definition) is 2. The van der Waals surface area contributed by atoms with Crippen molar-refractivity contribution in [1.29, 1.82) is 0 Å². The molecule has 80 valence electrons. The van der Waals surface area contributed by atoms with Gasteiger partial charge in [-0.3, -0.25) is 0 Å². The van der Waals surface area contributed by atoms with Crippen molar-refractivity contribution in [3.8, 4) is 0 Å². The zero-order valence-corrected chi connectivity index (χ0v) is 10.2. The maximum Gasteiger partial charge on any atom is 0.334 e. The molecule has 0 aromatic rings. The third-order valence-electron chi connectivity index (χ3n) is 2.49. The molecule has 0 aliphatic carbocycles. The number of esters is 1. The lowest BCUT2D eigenvalue weighted by molar-refractivity contribution is -0.136. The van der Waals surface area contributed by atoms with E-state index in [0.29, 0.717) is 6.61 Å². The van der Waals surface area contributed by atoms with Crippen molar-refractivity contribution in [1.82, 2.24) is 0 Å². The first-order valence-electron chi connectivity index (χ1n) is 5.23. The summed E-state index contributed by atoms with van der Waals surface area (Å²) in [5.41, 5.74) is 2.05. The van der Waals surface area contributed by atoms with Gasteiger partial charge in [-0.1, -0.05) is 42.1 Å². The Bertz CT molecular complexity index is 233. The normalized spacial score (nSPS) is 16.3. The maximum absolute atomic E-state index is 11.3. The molecule has 0 saturated carbocycles. The average Bonchev–Trinajstić information content (AvgIpc) is 2.55. The fourth-order valence-corrected chi connectivity index (χ4v) is 2.10. The van der Waals surface area contributed by atoms with Gasteiger partial charge in [-0.05, 0) is 18.4 Å². The molecule has 0 radical (unpaired) electrons. The van der Waals surface area contributed by atoms with Crippen molar-refractivity contribution in [2.24, 2.45) is 0 Å². The standard InChI is InChI=1S/C11H17BrO2/c1-2-3-4-5-6-10-9(7-12)8-14-11(10)13/h2-8H2,1H3. The number of unbranched alkanes of at least 4 members (excludes halogenated alkanes) is 3. The van der Waals surface area contributed by atoms with E-state index in [0.717, 1.165) is 29.3 Å². The molecule has 0 saturated heterocycles. The summed E-state index contributed by atoms with van der Waals surface area (Å²) in [6.07, 6.45) is 5.69. The van der Waals surface area contributed by atoms with Gasteiger partial charge in [-0.15, -0.1) is 0 Å². The number of alkyl halides is 1. The second kappa shape index (κ2) is 6.23. The third kappa shape index (κ3) is 3.12. The summed E-state index contributed by atoms with van der Waals surface area (Å²) >= 11 is 3.38. The summed E-state index contributed by atoms with van der Waals surface area (Å²) < 4.78 is 4.98. The summed E-state index contributed by atoms with van der Waals surface area (Å²) in [6.45, 7) is 2.68. The van der Waals surface area contributed by atoms with Gasteiger partial charge < -0.3 is 4.74 Å². The van der Waals surface area contributed by atoms with Crippen LogP contribution in [0.15, 0.2) is 11.1 Å². The first-order valence-corrected chi connectivity index (χ1v) is 6.35. The highest BCUT2D eigenvalue weighted by Crippen LogP contribution is 2.22. The van der Waals surface area contributed by atoms with Gasteiger partial charge in [0.15, 0.2) is 0 Å². The Morgan fingerprint density at radius 2 is 2.14 bits per heavy atom. The third-order valence-corrected chi connectivity index (χ3v) is 3.17. The minimum Gasteiger partial charge on any atom is -0.458 e. The summed E-state index contributed by atoms with van der Waals surface area (Å²) in [4.78, 5) is 11.3. The quantitative estimate of drug-likeness (QED) is 0.417. The molecule has 3 heteroatoms. The number of hydrogen-bond donors (Lipinski definition) is 0. The van der Waals surface area contributed by atoms with Crippen LogP contribution < -0.4 is 0 Å². The van der Waals surface area contributed by atoms with Crippen LogP contribution in [0.3, 0.4) is 0 Å². The lowest BCUT2D eigenvalue weighted by atomic mass is 10.0. The molecule has 0 amide bonds. The van der Waals surface area contributed by atoms with Gasteiger partial charge in [0.05, 0.1) is 0 Å². The van der Waals surface area contributed by atoms with E-state index < -0.39 is 0 Å². The van der Waals surface area contributed by atoms with Gasteiger partial charge in [0.25, 0.3) is 0 Å². The zero-order valence-electron chi connectivity index (χ0n) is 8.64. The van der Waals surface area contributed by atoms with Crippen molar-refractivity contribution in [3.63, 3.8) is 0 Å². The minimum atomic E-state index is -0.101. The molecule has 1 aliphatic rings. The Morgan fingerprint density at radius 1 is 1.36 bits per heavy atom. The van der Waals surface area contributed by atoms with Gasteiger partial charge in [0.2, 0.25) is 0 Å². The topological polar surface area (TPSA) is 26.3 Å². The van der Waals surface area contributed by atoms with Crippen LogP contribution in [0, 0.1) is 0 Å². The van der Waals surface area contributed by atoms with Gasteiger partial charge >= 0.3 is 5.97 Å².